The molecule has 0 bridgehead atoms. The summed E-state index contributed by atoms with van der Waals surface area (Å²) in [4.78, 5) is 24.0. The zero-order valence-corrected chi connectivity index (χ0v) is 20.3. The number of unbranched alkanes of at least 4 members (excludes halogenated alkanes) is 1. The highest BCUT2D eigenvalue weighted by molar-refractivity contribution is 6.90. The molecule has 29 heavy (non-hydrogen) atoms. The van der Waals surface area contributed by atoms with Gasteiger partial charge in [0.15, 0.2) is 0 Å². The van der Waals surface area contributed by atoms with E-state index < -0.39 is 14.0 Å². The molecule has 0 radical (unpaired) electrons. The van der Waals surface area contributed by atoms with Crippen molar-refractivity contribution in [1.82, 2.24) is 5.32 Å². The van der Waals surface area contributed by atoms with E-state index in [1.165, 1.54) is 6.92 Å². The standard InChI is InChI=1S/C24H37NO3Si/c1-9-10-14-25-24(27)22-12-11-21(23(16-22)28-20(8)26)13-15-29(17(2)3,18(4)5)19(6)7/h11-12,16-19H,9-10,14H2,1-8H3,(H,25,27). The van der Waals surface area contributed by atoms with Crippen LogP contribution < -0.4 is 10.1 Å². The van der Waals surface area contributed by atoms with Gasteiger partial charge in [0, 0.05) is 19.0 Å². The lowest BCUT2D eigenvalue weighted by Crippen LogP contribution is -2.43. The molecular formula is C24H37NO3Si. The SMILES string of the molecule is CCCCNC(=O)c1ccc(C#C[Si](C(C)C)(C(C)C)C(C)C)c(OC(C)=O)c1. The molecule has 1 rings (SSSR count). The fourth-order valence-corrected chi connectivity index (χ4v) is 9.31. The third kappa shape index (κ3) is 6.47. The Bertz CT molecular complexity index is 750. The Morgan fingerprint density at radius 1 is 1.07 bits per heavy atom. The maximum absolute atomic E-state index is 12.4. The highest BCUT2D eigenvalue weighted by atomic mass is 28.3. The molecule has 0 unspecified atom stereocenters. The van der Waals surface area contributed by atoms with Crippen molar-refractivity contribution in [3.63, 3.8) is 0 Å². The number of nitrogens with one attached hydrogen (secondary N) is 1. The molecule has 5 heteroatoms. The van der Waals surface area contributed by atoms with E-state index in [4.69, 9.17) is 4.74 Å². The van der Waals surface area contributed by atoms with E-state index in [-0.39, 0.29) is 5.91 Å². The Kier molecular flexibility index (Phi) is 9.65. The van der Waals surface area contributed by atoms with Gasteiger partial charge in [-0.05, 0) is 41.2 Å². The van der Waals surface area contributed by atoms with Gasteiger partial charge in [0.05, 0.1) is 5.56 Å². The van der Waals surface area contributed by atoms with Crippen molar-refractivity contribution in [3.8, 4) is 17.2 Å². The van der Waals surface area contributed by atoms with Gasteiger partial charge in [-0.1, -0.05) is 60.8 Å². The molecule has 0 spiro atoms. The van der Waals surface area contributed by atoms with Gasteiger partial charge >= 0.3 is 5.97 Å². The van der Waals surface area contributed by atoms with Crippen LogP contribution in [0.3, 0.4) is 0 Å². The second-order valence-corrected chi connectivity index (χ2v) is 14.1. The number of hydrogen-bond donors (Lipinski definition) is 1. The van der Waals surface area contributed by atoms with Gasteiger partial charge in [-0.3, -0.25) is 9.59 Å². The van der Waals surface area contributed by atoms with Crippen LogP contribution in [0, 0.1) is 11.5 Å². The van der Waals surface area contributed by atoms with E-state index in [9.17, 15) is 9.59 Å². The van der Waals surface area contributed by atoms with Crippen LogP contribution in [0.4, 0.5) is 0 Å². The lowest BCUT2D eigenvalue weighted by Gasteiger charge is -2.38. The summed E-state index contributed by atoms with van der Waals surface area (Å²) in [5.41, 5.74) is 6.31. The van der Waals surface area contributed by atoms with Crippen molar-refractivity contribution < 1.29 is 14.3 Å². The highest BCUT2D eigenvalue weighted by Gasteiger charge is 2.41. The van der Waals surface area contributed by atoms with Gasteiger partial charge in [-0.15, -0.1) is 5.54 Å². The molecule has 0 saturated heterocycles. The molecule has 0 aliphatic carbocycles. The van der Waals surface area contributed by atoms with Crippen LogP contribution in [0.5, 0.6) is 5.75 Å². The molecule has 1 amide bonds. The zero-order chi connectivity index (χ0) is 22.2. The summed E-state index contributed by atoms with van der Waals surface area (Å²) in [5.74, 6) is 3.09. The Morgan fingerprint density at radius 3 is 2.14 bits per heavy atom. The molecule has 0 aliphatic rings. The number of carbonyl (C=O) groups is 2. The fourth-order valence-electron chi connectivity index (χ4n) is 4.10. The molecule has 0 atom stereocenters. The van der Waals surface area contributed by atoms with Crippen molar-refractivity contribution in [2.24, 2.45) is 0 Å². The van der Waals surface area contributed by atoms with Crippen molar-refractivity contribution in [2.75, 3.05) is 6.54 Å². The summed E-state index contributed by atoms with van der Waals surface area (Å²) in [5, 5.41) is 2.89. The summed E-state index contributed by atoms with van der Waals surface area (Å²) in [6.07, 6.45) is 1.94. The number of benzene rings is 1. The predicted octanol–water partition coefficient (Wildman–Crippen LogP) is 5.71. The second kappa shape index (κ2) is 11.2. The number of ether oxygens (including phenoxy) is 1. The Morgan fingerprint density at radius 2 is 1.66 bits per heavy atom. The molecule has 1 N–H and O–H groups in total. The number of amides is 1. The van der Waals surface area contributed by atoms with E-state index in [0.29, 0.717) is 40.0 Å². The molecule has 0 aliphatic heterocycles. The fraction of sp³-hybridized carbons (Fsp3) is 0.583. The minimum absolute atomic E-state index is 0.165. The van der Waals surface area contributed by atoms with Crippen molar-refractivity contribution in [1.29, 1.82) is 0 Å². The first kappa shape index (κ1) is 25.0. The molecule has 0 aromatic heterocycles. The van der Waals surface area contributed by atoms with Gasteiger partial charge < -0.3 is 10.1 Å². The number of rotatable bonds is 8. The summed E-state index contributed by atoms with van der Waals surface area (Å²) < 4.78 is 5.40. The molecule has 160 valence electrons. The zero-order valence-electron chi connectivity index (χ0n) is 19.3. The number of esters is 1. The van der Waals surface area contributed by atoms with Crippen LogP contribution in [0.2, 0.25) is 16.6 Å². The third-order valence-corrected chi connectivity index (χ3v) is 11.9. The van der Waals surface area contributed by atoms with E-state index >= 15 is 0 Å². The van der Waals surface area contributed by atoms with Crippen LogP contribution in [0.25, 0.3) is 0 Å². The molecule has 0 saturated carbocycles. The van der Waals surface area contributed by atoms with Crippen molar-refractivity contribution >= 4 is 20.0 Å². The van der Waals surface area contributed by atoms with Gasteiger partial charge in [0.25, 0.3) is 5.91 Å². The summed E-state index contributed by atoms with van der Waals surface area (Å²) in [7, 11) is -1.91. The van der Waals surface area contributed by atoms with Crippen LogP contribution in [0.1, 0.15) is 84.2 Å². The molecule has 0 fully saturated rings. The smallest absolute Gasteiger partial charge is 0.308 e. The summed E-state index contributed by atoms with van der Waals surface area (Å²) in [6, 6.07) is 5.16. The molecule has 1 aromatic rings. The van der Waals surface area contributed by atoms with Crippen molar-refractivity contribution in [3.05, 3.63) is 29.3 Å². The second-order valence-electron chi connectivity index (χ2n) is 8.56. The van der Waals surface area contributed by atoms with E-state index in [2.05, 4.69) is 65.2 Å². The average molecular weight is 416 g/mol. The maximum Gasteiger partial charge on any atom is 0.308 e. The largest absolute Gasteiger partial charge is 0.425 e. The quantitative estimate of drug-likeness (QED) is 0.194. The van der Waals surface area contributed by atoms with Crippen LogP contribution in [0.15, 0.2) is 18.2 Å². The first-order chi connectivity index (χ1) is 13.6. The Labute approximate surface area is 177 Å². The minimum Gasteiger partial charge on any atom is -0.425 e. The molecular weight excluding hydrogens is 378 g/mol. The lowest BCUT2D eigenvalue weighted by atomic mass is 10.1. The minimum atomic E-state index is -1.91. The molecule has 1 aromatic carbocycles. The number of hydrogen-bond acceptors (Lipinski definition) is 3. The Hall–Kier alpha value is -2.06. The summed E-state index contributed by atoms with van der Waals surface area (Å²) in [6.45, 7) is 17.6. The van der Waals surface area contributed by atoms with Gasteiger partial charge in [-0.2, -0.15) is 0 Å². The van der Waals surface area contributed by atoms with Crippen LogP contribution in [-0.4, -0.2) is 26.5 Å². The summed E-state index contributed by atoms with van der Waals surface area (Å²) >= 11 is 0. The van der Waals surface area contributed by atoms with E-state index in [1.807, 2.05) is 0 Å². The van der Waals surface area contributed by atoms with E-state index in [1.54, 1.807) is 18.2 Å². The third-order valence-electron chi connectivity index (χ3n) is 5.59. The average Bonchev–Trinajstić information content (AvgIpc) is 2.61. The maximum atomic E-state index is 12.4. The monoisotopic (exact) mass is 415 g/mol. The highest BCUT2D eigenvalue weighted by Crippen LogP contribution is 2.41. The first-order valence-electron chi connectivity index (χ1n) is 10.7. The normalized spacial score (nSPS) is 11.4. The van der Waals surface area contributed by atoms with Gasteiger partial charge in [0.2, 0.25) is 0 Å². The first-order valence-corrected chi connectivity index (χ1v) is 12.9. The molecule has 0 heterocycles. The van der Waals surface area contributed by atoms with Crippen LogP contribution in [-0.2, 0) is 4.79 Å². The topological polar surface area (TPSA) is 55.4 Å². The van der Waals surface area contributed by atoms with Gasteiger partial charge in [-0.25, -0.2) is 0 Å². The van der Waals surface area contributed by atoms with E-state index in [0.717, 1.165) is 12.8 Å². The van der Waals surface area contributed by atoms with Crippen molar-refractivity contribution in [2.45, 2.75) is 84.9 Å². The van der Waals surface area contributed by atoms with Crippen LogP contribution >= 0.6 is 0 Å². The Balaban J connectivity index is 3.36. The van der Waals surface area contributed by atoms with Gasteiger partial charge in [0.1, 0.15) is 13.8 Å². The predicted molar refractivity (Wildman–Crippen MR) is 123 cm³/mol. The molecule has 4 nitrogen and oxygen atoms in total. The number of carbonyl (C=O) groups excluding carboxylic acids is 2. The lowest BCUT2D eigenvalue weighted by molar-refractivity contribution is -0.131.